The SMILES string of the molecule is COc1cc(NS(=O)(=O)N(C)C)ccc1NC(=O)c1ccco1. The van der Waals surface area contributed by atoms with Crippen LogP contribution >= 0.6 is 0 Å². The summed E-state index contributed by atoms with van der Waals surface area (Å²) in [6.07, 6.45) is 1.39. The van der Waals surface area contributed by atoms with Gasteiger partial charge in [-0.15, -0.1) is 0 Å². The summed E-state index contributed by atoms with van der Waals surface area (Å²) in [6, 6.07) is 7.65. The zero-order valence-electron chi connectivity index (χ0n) is 12.9. The Balaban J connectivity index is 2.21. The first kappa shape index (κ1) is 16.8. The first-order chi connectivity index (χ1) is 10.8. The van der Waals surface area contributed by atoms with Crippen LogP contribution in [0.1, 0.15) is 10.6 Å². The van der Waals surface area contributed by atoms with Crippen molar-refractivity contribution in [2.45, 2.75) is 0 Å². The highest BCUT2D eigenvalue weighted by Crippen LogP contribution is 2.29. The van der Waals surface area contributed by atoms with Gasteiger partial charge in [0, 0.05) is 20.2 Å². The van der Waals surface area contributed by atoms with Crippen LogP contribution in [0.2, 0.25) is 0 Å². The molecule has 2 N–H and O–H groups in total. The zero-order valence-corrected chi connectivity index (χ0v) is 13.7. The van der Waals surface area contributed by atoms with Crippen molar-refractivity contribution in [2.75, 3.05) is 31.2 Å². The summed E-state index contributed by atoms with van der Waals surface area (Å²) in [4.78, 5) is 12.0. The van der Waals surface area contributed by atoms with E-state index >= 15 is 0 Å². The van der Waals surface area contributed by atoms with Crippen molar-refractivity contribution in [3.05, 3.63) is 42.4 Å². The number of hydrogen-bond donors (Lipinski definition) is 2. The van der Waals surface area contributed by atoms with Crippen molar-refractivity contribution in [3.8, 4) is 5.75 Å². The molecule has 0 aliphatic carbocycles. The summed E-state index contributed by atoms with van der Waals surface area (Å²) in [5, 5.41) is 2.63. The minimum atomic E-state index is -3.62. The maximum atomic E-state index is 12.0. The molecule has 0 saturated heterocycles. The number of furan rings is 1. The Morgan fingerprint density at radius 1 is 1.26 bits per heavy atom. The van der Waals surface area contributed by atoms with Crippen LogP contribution in [-0.2, 0) is 10.2 Å². The van der Waals surface area contributed by atoms with Gasteiger partial charge in [-0.25, -0.2) is 0 Å². The van der Waals surface area contributed by atoms with Crippen molar-refractivity contribution >= 4 is 27.5 Å². The Bertz CT molecular complexity index is 785. The second-order valence-corrected chi connectivity index (χ2v) is 6.62. The lowest BCUT2D eigenvalue weighted by Gasteiger charge is -2.15. The predicted molar refractivity (Wildman–Crippen MR) is 85.9 cm³/mol. The second-order valence-electron chi connectivity index (χ2n) is 4.74. The van der Waals surface area contributed by atoms with Gasteiger partial charge in [-0.05, 0) is 24.3 Å². The summed E-state index contributed by atoms with van der Waals surface area (Å²) < 4.78 is 37.2. The molecule has 0 spiro atoms. The molecule has 2 rings (SSSR count). The molecule has 0 radical (unpaired) electrons. The molecule has 124 valence electrons. The van der Waals surface area contributed by atoms with Crippen LogP contribution in [0, 0.1) is 0 Å². The standard InChI is InChI=1S/C14H17N3O5S/c1-17(2)23(19,20)16-10-6-7-11(13(9-10)21-3)15-14(18)12-5-4-8-22-12/h4-9,16H,1-3H3,(H,15,18). The fraction of sp³-hybridized carbons (Fsp3) is 0.214. The number of benzene rings is 1. The molecule has 0 bridgehead atoms. The molecule has 0 aliphatic rings. The summed E-state index contributed by atoms with van der Waals surface area (Å²) in [5.74, 6) is 0.0308. The summed E-state index contributed by atoms with van der Waals surface area (Å²) in [6.45, 7) is 0. The van der Waals surface area contributed by atoms with Crippen LogP contribution in [0.5, 0.6) is 5.75 Å². The molecule has 0 saturated carbocycles. The van der Waals surface area contributed by atoms with E-state index in [2.05, 4.69) is 10.0 Å². The molecule has 2 aromatic rings. The highest BCUT2D eigenvalue weighted by atomic mass is 32.2. The van der Waals surface area contributed by atoms with Gasteiger partial charge < -0.3 is 14.5 Å². The Labute approximate surface area is 134 Å². The topological polar surface area (TPSA) is 101 Å². The number of rotatable bonds is 6. The van der Waals surface area contributed by atoms with Crippen molar-refractivity contribution < 1.29 is 22.4 Å². The van der Waals surface area contributed by atoms with Crippen LogP contribution in [0.15, 0.2) is 41.0 Å². The number of carbonyl (C=O) groups is 1. The van der Waals surface area contributed by atoms with Gasteiger partial charge in [-0.2, -0.15) is 12.7 Å². The van der Waals surface area contributed by atoms with Crippen molar-refractivity contribution in [2.24, 2.45) is 0 Å². The molecular weight excluding hydrogens is 322 g/mol. The van der Waals surface area contributed by atoms with Gasteiger partial charge in [-0.3, -0.25) is 9.52 Å². The van der Waals surface area contributed by atoms with Gasteiger partial charge in [0.05, 0.1) is 24.7 Å². The largest absolute Gasteiger partial charge is 0.494 e. The van der Waals surface area contributed by atoms with Crippen LogP contribution in [-0.4, -0.2) is 39.8 Å². The van der Waals surface area contributed by atoms with E-state index in [1.165, 1.54) is 51.7 Å². The first-order valence-electron chi connectivity index (χ1n) is 6.56. The number of anilines is 2. The van der Waals surface area contributed by atoms with E-state index in [0.29, 0.717) is 17.1 Å². The summed E-state index contributed by atoms with van der Waals surface area (Å²) in [5.41, 5.74) is 0.702. The highest BCUT2D eigenvalue weighted by molar-refractivity contribution is 7.90. The third-order valence-corrected chi connectivity index (χ3v) is 4.38. The normalized spacial score (nSPS) is 11.3. The third kappa shape index (κ3) is 4.02. The van der Waals surface area contributed by atoms with Crippen molar-refractivity contribution in [1.29, 1.82) is 0 Å². The lowest BCUT2D eigenvalue weighted by molar-refractivity contribution is 0.0996. The molecule has 8 nitrogen and oxygen atoms in total. The lowest BCUT2D eigenvalue weighted by atomic mass is 10.2. The van der Waals surface area contributed by atoms with Crippen molar-refractivity contribution in [3.63, 3.8) is 0 Å². The molecule has 9 heteroatoms. The van der Waals surface area contributed by atoms with Crippen LogP contribution in [0.3, 0.4) is 0 Å². The van der Waals surface area contributed by atoms with Crippen LogP contribution in [0.25, 0.3) is 0 Å². The van der Waals surface area contributed by atoms with Gasteiger partial charge >= 0.3 is 10.2 Å². The molecule has 1 amide bonds. The molecule has 0 atom stereocenters. The maximum Gasteiger partial charge on any atom is 0.301 e. The van der Waals surface area contributed by atoms with Gasteiger partial charge in [0.25, 0.3) is 5.91 Å². The molecule has 0 aliphatic heterocycles. The Morgan fingerprint density at radius 3 is 2.57 bits per heavy atom. The first-order valence-corrected chi connectivity index (χ1v) is 8.00. The summed E-state index contributed by atoms with van der Waals surface area (Å²) in [7, 11) is 0.625. The number of nitrogens with zero attached hydrogens (tertiary/aromatic N) is 1. The summed E-state index contributed by atoms with van der Waals surface area (Å²) >= 11 is 0. The minimum Gasteiger partial charge on any atom is -0.494 e. The van der Waals surface area contributed by atoms with E-state index in [1.54, 1.807) is 6.07 Å². The monoisotopic (exact) mass is 339 g/mol. The van der Waals surface area contributed by atoms with Crippen LogP contribution < -0.4 is 14.8 Å². The van der Waals surface area contributed by atoms with Gasteiger partial charge in [-0.1, -0.05) is 0 Å². The quantitative estimate of drug-likeness (QED) is 0.835. The Kier molecular flexibility index (Phi) is 4.92. The fourth-order valence-corrected chi connectivity index (χ4v) is 2.30. The van der Waals surface area contributed by atoms with Gasteiger partial charge in [0.1, 0.15) is 5.75 Å². The molecule has 23 heavy (non-hydrogen) atoms. The van der Waals surface area contributed by atoms with E-state index in [1.807, 2.05) is 0 Å². The number of hydrogen-bond acceptors (Lipinski definition) is 5. The maximum absolute atomic E-state index is 12.0. The third-order valence-electron chi connectivity index (χ3n) is 2.92. The van der Waals surface area contributed by atoms with E-state index in [4.69, 9.17) is 9.15 Å². The second kappa shape index (κ2) is 6.71. The Morgan fingerprint density at radius 2 is 2.00 bits per heavy atom. The predicted octanol–water partition coefficient (Wildman–Crippen LogP) is 1.76. The molecular formula is C14H17N3O5S. The number of methoxy groups -OCH3 is 1. The minimum absolute atomic E-state index is 0.157. The molecule has 1 aromatic heterocycles. The lowest BCUT2D eigenvalue weighted by Crippen LogP contribution is -2.28. The van der Waals surface area contributed by atoms with E-state index < -0.39 is 16.1 Å². The Hall–Kier alpha value is -2.52. The average Bonchev–Trinajstić information content (AvgIpc) is 3.02. The van der Waals surface area contributed by atoms with Crippen LogP contribution in [0.4, 0.5) is 11.4 Å². The molecule has 0 fully saturated rings. The van der Waals surface area contributed by atoms with Gasteiger partial charge in [0.2, 0.25) is 0 Å². The smallest absolute Gasteiger partial charge is 0.301 e. The molecule has 0 unspecified atom stereocenters. The number of nitrogens with one attached hydrogen (secondary N) is 2. The zero-order chi connectivity index (χ0) is 17.0. The molecule has 1 heterocycles. The van der Waals surface area contributed by atoms with E-state index in [0.717, 1.165) is 4.31 Å². The van der Waals surface area contributed by atoms with Gasteiger partial charge in [0.15, 0.2) is 5.76 Å². The average molecular weight is 339 g/mol. The number of amides is 1. The van der Waals surface area contributed by atoms with E-state index in [-0.39, 0.29) is 5.76 Å². The van der Waals surface area contributed by atoms with E-state index in [9.17, 15) is 13.2 Å². The molecule has 1 aromatic carbocycles. The number of carbonyl (C=O) groups excluding carboxylic acids is 1. The number of ether oxygens (including phenoxy) is 1. The van der Waals surface area contributed by atoms with Crippen molar-refractivity contribution in [1.82, 2.24) is 4.31 Å². The fourth-order valence-electron chi connectivity index (χ4n) is 1.69. The highest BCUT2D eigenvalue weighted by Gasteiger charge is 2.16.